The van der Waals surface area contributed by atoms with Crippen LogP contribution in [0, 0.1) is 0 Å². The third kappa shape index (κ3) is 3.56. The van der Waals surface area contributed by atoms with Gasteiger partial charge < -0.3 is 17.3 Å². The zero-order chi connectivity index (χ0) is 11.5. The number of quaternary nitrogens is 1. The number of halogens is 2. The fourth-order valence-electron chi connectivity index (χ4n) is 1.95. The largest absolute Gasteiger partial charge is 1.00 e. The van der Waals surface area contributed by atoms with E-state index in [1.54, 1.807) is 13.0 Å². The van der Waals surface area contributed by atoms with Gasteiger partial charge in [0.25, 0.3) is 0 Å². The van der Waals surface area contributed by atoms with Crippen LogP contribution in [0.1, 0.15) is 6.92 Å². The zero-order valence-corrected chi connectivity index (χ0v) is 11.1. The Morgan fingerprint density at radius 1 is 1.41 bits per heavy atom. The average molecular weight is 276 g/mol. The first-order valence-electron chi connectivity index (χ1n) is 5.40. The molecule has 1 aromatic rings. The van der Waals surface area contributed by atoms with Gasteiger partial charge in [0, 0.05) is 13.0 Å². The molecule has 1 saturated heterocycles. The monoisotopic (exact) mass is 275 g/mol. The van der Waals surface area contributed by atoms with Gasteiger partial charge in [0.05, 0.1) is 13.1 Å². The standard InChI is InChI=1S/C11H14ClN3O.ClH/c1-9(16)14-5-7-15(8-6-14)11-4-2-3-10(12)13-11;/h2-4H,5-8H2,1H3;1H. The number of rotatable bonds is 1. The van der Waals surface area contributed by atoms with Crippen LogP contribution in [0.25, 0.3) is 0 Å². The van der Waals surface area contributed by atoms with E-state index in [2.05, 4.69) is 4.98 Å². The van der Waals surface area contributed by atoms with Crippen molar-refractivity contribution in [2.75, 3.05) is 26.2 Å². The number of carbonyl (C=O) groups excluding carboxylic acids is 1. The maximum Gasteiger partial charge on any atom is 0.227 e. The lowest BCUT2D eigenvalue weighted by Crippen LogP contribution is -3.10. The number of nitrogens with one attached hydrogen (secondary N) is 1. The first kappa shape index (κ1) is 14.2. The van der Waals surface area contributed by atoms with E-state index < -0.39 is 0 Å². The second-order valence-electron chi connectivity index (χ2n) is 3.96. The Labute approximate surface area is 112 Å². The highest BCUT2D eigenvalue weighted by molar-refractivity contribution is 6.29. The lowest BCUT2D eigenvalue weighted by atomic mass is 10.3. The van der Waals surface area contributed by atoms with E-state index in [0.717, 1.165) is 32.0 Å². The molecule has 4 nitrogen and oxygen atoms in total. The van der Waals surface area contributed by atoms with Crippen molar-refractivity contribution in [3.05, 3.63) is 23.4 Å². The molecular weight excluding hydrogens is 261 g/mol. The molecule has 17 heavy (non-hydrogen) atoms. The minimum atomic E-state index is 0. The third-order valence-corrected chi connectivity index (χ3v) is 3.10. The van der Waals surface area contributed by atoms with Gasteiger partial charge in [0.1, 0.15) is 18.2 Å². The highest BCUT2D eigenvalue weighted by Crippen LogP contribution is 2.06. The molecule has 0 radical (unpaired) electrons. The number of hydrogen-bond acceptors (Lipinski definition) is 2. The van der Waals surface area contributed by atoms with Crippen LogP contribution in [0.5, 0.6) is 0 Å². The zero-order valence-electron chi connectivity index (χ0n) is 9.62. The van der Waals surface area contributed by atoms with Crippen molar-refractivity contribution in [2.24, 2.45) is 0 Å². The molecule has 0 bridgehead atoms. The number of carbonyl (C=O) groups is 1. The summed E-state index contributed by atoms with van der Waals surface area (Å²) in [5.41, 5.74) is 0. The van der Waals surface area contributed by atoms with E-state index in [1.807, 2.05) is 17.0 Å². The van der Waals surface area contributed by atoms with Gasteiger partial charge in [-0.05, 0) is 6.07 Å². The lowest BCUT2D eigenvalue weighted by Gasteiger charge is -2.30. The van der Waals surface area contributed by atoms with Gasteiger partial charge in [-0.2, -0.15) is 4.98 Å². The summed E-state index contributed by atoms with van der Waals surface area (Å²) in [5.74, 6) is 1.12. The number of amides is 1. The molecule has 0 aliphatic carbocycles. The van der Waals surface area contributed by atoms with Gasteiger partial charge in [-0.15, -0.1) is 0 Å². The number of pyridine rings is 1. The molecule has 0 saturated carbocycles. The summed E-state index contributed by atoms with van der Waals surface area (Å²) in [6.45, 7) is 4.99. The van der Waals surface area contributed by atoms with Crippen LogP contribution in [-0.2, 0) is 4.79 Å². The highest BCUT2D eigenvalue weighted by atomic mass is 35.5. The third-order valence-electron chi connectivity index (χ3n) is 2.89. The van der Waals surface area contributed by atoms with Crippen LogP contribution in [0.2, 0.25) is 5.15 Å². The van der Waals surface area contributed by atoms with E-state index in [9.17, 15) is 4.79 Å². The smallest absolute Gasteiger partial charge is 0.227 e. The minimum absolute atomic E-state index is 0. The van der Waals surface area contributed by atoms with Gasteiger partial charge in [-0.3, -0.25) is 9.69 Å². The van der Waals surface area contributed by atoms with Crippen molar-refractivity contribution in [3.8, 4) is 0 Å². The predicted octanol–water partition coefficient (Wildman–Crippen LogP) is -2.88. The molecule has 2 rings (SSSR count). The van der Waals surface area contributed by atoms with Gasteiger partial charge in [0.15, 0.2) is 0 Å². The summed E-state index contributed by atoms with van der Waals surface area (Å²) in [6, 6.07) is 5.66. The topological polar surface area (TPSA) is 37.6 Å². The van der Waals surface area contributed by atoms with E-state index in [4.69, 9.17) is 11.6 Å². The maximum atomic E-state index is 11.2. The van der Waals surface area contributed by atoms with Crippen molar-refractivity contribution in [1.82, 2.24) is 9.88 Å². The molecular formula is C11H15Cl2N3O. The van der Waals surface area contributed by atoms with Crippen molar-refractivity contribution in [3.63, 3.8) is 0 Å². The van der Waals surface area contributed by atoms with Crippen molar-refractivity contribution in [2.45, 2.75) is 6.92 Å². The van der Waals surface area contributed by atoms with Crippen molar-refractivity contribution >= 4 is 23.3 Å². The number of aromatic nitrogens is 1. The number of nitrogens with zero attached hydrogens (tertiary/aromatic N) is 2. The van der Waals surface area contributed by atoms with Crippen molar-refractivity contribution in [1.29, 1.82) is 0 Å². The maximum absolute atomic E-state index is 11.2. The van der Waals surface area contributed by atoms with Gasteiger partial charge in [0.2, 0.25) is 11.7 Å². The predicted molar refractivity (Wildman–Crippen MR) is 61.9 cm³/mol. The Morgan fingerprint density at radius 3 is 2.59 bits per heavy atom. The first-order valence-corrected chi connectivity index (χ1v) is 5.78. The van der Waals surface area contributed by atoms with Crippen LogP contribution in [0.4, 0.5) is 5.82 Å². The number of hydrogen-bond donors (Lipinski definition) is 1. The fraction of sp³-hybridized carbons (Fsp3) is 0.455. The molecule has 0 atom stereocenters. The molecule has 1 aromatic heterocycles. The molecule has 0 spiro atoms. The second-order valence-corrected chi connectivity index (χ2v) is 4.34. The lowest BCUT2D eigenvalue weighted by molar-refractivity contribution is -0.840. The molecule has 0 unspecified atom stereocenters. The normalized spacial score (nSPS) is 16.5. The molecule has 1 amide bonds. The van der Waals surface area contributed by atoms with Gasteiger partial charge >= 0.3 is 0 Å². The molecule has 1 aliphatic rings. The fourth-order valence-corrected chi connectivity index (χ4v) is 2.12. The molecule has 6 heteroatoms. The Kier molecular flexibility index (Phi) is 5.18. The Bertz CT molecular complexity index is 392. The van der Waals surface area contributed by atoms with E-state index in [0.29, 0.717) is 5.15 Å². The van der Waals surface area contributed by atoms with Crippen LogP contribution in [0.15, 0.2) is 18.2 Å². The molecule has 0 aromatic carbocycles. The van der Waals surface area contributed by atoms with Crippen molar-refractivity contribution < 1.29 is 22.1 Å². The van der Waals surface area contributed by atoms with E-state index in [1.165, 1.54) is 4.90 Å². The molecule has 94 valence electrons. The van der Waals surface area contributed by atoms with E-state index in [-0.39, 0.29) is 18.3 Å². The minimum Gasteiger partial charge on any atom is -1.00 e. The van der Waals surface area contributed by atoms with Crippen LogP contribution < -0.4 is 17.3 Å². The molecule has 1 fully saturated rings. The van der Waals surface area contributed by atoms with Gasteiger partial charge in [-0.1, -0.05) is 17.7 Å². The highest BCUT2D eigenvalue weighted by Gasteiger charge is 2.23. The van der Waals surface area contributed by atoms with Crippen LogP contribution >= 0.6 is 11.6 Å². The molecule has 1 N–H and O–H groups in total. The van der Waals surface area contributed by atoms with Crippen LogP contribution in [0.3, 0.4) is 0 Å². The van der Waals surface area contributed by atoms with Gasteiger partial charge in [-0.25, -0.2) is 0 Å². The Balaban J connectivity index is 0.00000144. The Hall–Kier alpha value is -0.840. The Morgan fingerprint density at radius 2 is 2.06 bits per heavy atom. The summed E-state index contributed by atoms with van der Waals surface area (Å²) in [6.07, 6.45) is 0. The first-order chi connectivity index (χ1) is 7.66. The quantitative estimate of drug-likeness (QED) is 0.560. The summed E-state index contributed by atoms with van der Waals surface area (Å²) in [7, 11) is 0. The summed E-state index contributed by atoms with van der Waals surface area (Å²) in [4.78, 5) is 18.6. The summed E-state index contributed by atoms with van der Waals surface area (Å²) >= 11 is 5.85. The van der Waals surface area contributed by atoms with Crippen LogP contribution in [-0.4, -0.2) is 42.0 Å². The second kappa shape index (κ2) is 6.19. The SMILES string of the molecule is CC(=O)N1CC[NH+](c2cccc(Cl)n2)CC1.[Cl-]. The average Bonchev–Trinajstić information content (AvgIpc) is 2.29. The number of piperazine rings is 1. The summed E-state index contributed by atoms with van der Waals surface area (Å²) in [5, 5.41) is 0.527. The molecule has 1 aliphatic heterocycles. The van der Waals surface area contributed by atoms with E-state index >= 15 is 0 Å². The summed E-state index contributed by atoms with van der Waals surface area (Å²) < 4.78 is 0. The molecule has 2 heterocycles.